The van der Waals surface area contributed by atoms with E-state index in [-0.39, 0.29) is 0 Å². The molecule has 0 bridgehead atoms. The Labute approximate surface area is 131 Å². The Kier molecular flexibility index (Phi) is 6.00. The molecule has 114 valence electrons. The van der Waals surface area contributed by atoms with Crippen LogP contribution in [-0.2, 0) is 0 Å². The van der Waals surface area contributed by atoms with Gasteiger partial charge in [-0.15, -0.1) is 0 Å². The van der Waals surface area contributed by atoms with Crippen molar-refractivity contribution in [1.29, 1.82) is 5.26 Å². The molecule has 0 aliphatic rings. The van der Waals surface area contributed by atoms with Crippen LogP contribution in [0.1, 0.15) is 38.2 Å². The molecule has 0 fully saturated rings. The lowest BCUT2D eigenvalue weighted by Gasteiger charge is -2.13. The van der Waals surface area contributed by atoms with Gasteiger partial charge in [0.25, 0.3) is 0 Å². The first-order valence-electron chi connectivity index (χ1n) is 7.68. The molecule has 3 heteroatoms. The van der Waals surface area contributed by atoms with E-state index in [1.807, 2.05) is 36.4 Å². The average molecular weight is 295 g/mol. The Morgan fingerprint density at radius 3 is 2.14 bits per heavy atom. The second kappa shape index (κ2) is 8.21. The zero-order valence-electron chi connectivity index (χ0n) is 12.8. The number of nitrogens with zero attached hydrogens (tertiary/aromatic N) is 1. The van der Waals surface area contributed by atoms with E-state index in [2.05, 4.69) is 13.0 Å². The molecule has 0 aliphatic heterocycles. The molecular formula is C19H21NO2. The van der Waals surface area contributed by atoms with Crippen LogP contribution in [0.2, 0.25) is 0 Å². The second-order valence-electron chi connectivity index (χ2n) is 5.28. The molecule has 0 saturated carbocycles. The van der Waals surface area contributed by atoms with Crippen molar-refractivity contribution in [3.63, 3.8) is 0 Å². The summed E-state index contributed by atoms with van der Waals surface area (Å²) in [5.74, 6) is 0.668. The first-order chi connectivity index (χ1) is 10.7. The molecule has 0 aliphatic carbocycles. The summed E-state index contributed by atoms with van der Waals surface area (Å²) < 4.78 is 5.50. The van der Waals surface area contributed by atoms with Gasteiger partial charge in [0, 0.05) is 6.42 Å². The van der Waals surface area contributed by atoms with Crippen molar-refractivity contribution in [2.45, 2.75) is 38.9 Å². The predicted molar refractivity (Wildman–Crippen MR) is 87.4 cm³/mol. The lowest BCUT2D eigenvalue weighted by molar-refractivity contribution is -0.0245. The number of nitriles is 1. The van der Waals surface area contributed by atoms with E-state index >= 15 is 0 Å². The molecule has 0 saturated heterocycles. The van der Waals surface area contributed by atoms with E-state index in [0.717, 1.165) is 30.4 Å². The van der Waals surface area contributed by atoms with Crippen LogP contribution >= 0.6 is 0 Å². The third-order valence-electron chi connectivity index (χ3n) is 3.53. The van der Waals surface area contributed by atoms with E-state index in [4.69, 9.17) is 10.00 Å². The van der Waals surface area contributed by atoms with Crippen LogP contribution in [0.3, 0.4) is 0 Å². The quantitative estimate of drug-likeness (QED) is 0.604. The number of hydrogen-bond acceptors (Lipinski definition) is 3. The minimum atomic E-state index is -0.743. The fourth-order valence-corrected chi connectivity index (χ4v) is 2.25. The summed E-state index contributed by atoms with van der Waals surface area (Å²) >= 11 is 0. The topological polar surface area (TPSA) is 53.2 Å². The van der Waals surface area contributed by atoms with Gasteiger partial charge in [-0.1, -0.05) is 44.0 Å². The first kappa shape index (κ1) is 16.1. The summed E-state index contributed by atoms with van der Waals surface area (Å²) in [7, 11) is 0. The molecule has 1 N–H and O–H groups in total. The Morgan fingerprint density at radius 1 is 1.00 bits per heavy atom. The van der Waals surface area contributed by atoms with Crippen LogP contribution in [0.5, 0.6) is 5.75 Å². The highest BCUT2D eigenvalue weighted by molar-refractivity contribution is 5.64. The standard InChI is InChI=1S/C19H21NO2/c1-2-3-4-5-19(21)22-18-12-10-17(11-13-18)16-8-6-15(14-20)7-9-16/h6-13,19,21H,2-5H2,1H3. The number of rotatable bonds is 7. The molecule has 0 amide bonds. The van der Waals surface area contributed by atoms with E-state index in [9.17, 15) is 5.11 Å². The lowest BCUT2D eigenvalue weighted by Crippen LogP contribution is -2.15. The molecule has 0 aromatic heterocycles. The molecular weight excluding hydrogens is 274 g/mol. The number of unbranched alkanes of at least 4 members (excludes halogenated alkanes) is 2. The van der Waals surface area contributed by atoms with Gasteiger partial charge in [-0.05, 0) is 41.8 Å². The lowest BCUT2D eigenvalue weighted by atomic mass is 10.0. The monoisotopic (exact) mass is 295 g/mol. The van der Waals surface area contributed by atoms with Gasteiger partial charge in [0.05, 0.1) is 11.6 Å². The molecule has 3 nitrogen and oxygen atoms in total. The highest BCUT2D eigenvalue weighted by atomic mass is 16.6. The number of benzene rings is 2. The number of aliphatic hydroxyl groups excluding tert-OH is 1. The van der Waals surface area contributed by atoms with Gasteiger partial charge in [-0.25, -0.2) is 0 Å². The van der Waals surface area contributed by atoms with Crippen LogP contribution in [-0.4, -0.2) is 11.4 Å². The summed E-state index contributed by atoms with van der Waals surface area (Å²) in [5.41, 5.74) is 2.75. The zero-order chi connectivity index (χ0) is 15.8. The van der Waals surface area contributed by atoms with Crippen molar-refractivity contribution in [2.24, 2.45) is 0 Å². The molecule has 1 atom stereocenters. The van der Waals surface area contributed by atoms with E-state index in [1.54, 1.807) is 12.1 Å². The number of aliphatic hydroxyl groups is 1. The maximum Gasteiger partial charge on any atom is 0.197 e. The molecule has 2 aromatic carbocycles. The largest absolute Gasteiger partial charge is 0.465 e. The predicted octanol–water partition coefficient (Wildman–Crippen LogP) is 4.50. The van der Waals surface area contributed by atoms with E-state index < -0.39 is 6.29 Å². The van der Waals surface area contributed by atoms with Crippen LogP contribution in [0.15, 0.2) is 48.5 Å². The summed E-state index contributed by atoms with van der Waals surface area (Å²) in [4.78, 5) is 0. The normalized spacial score (nSPS) is 11.7. The highest BCUT2D eigenvalue weighted by Gasteiger charge is 2.06. The summed E-state index contributed by atoms with van der Waals surface area (Å²) in [6.45, 7) is 2.13. The molecule has 0 radical (unpaired) electrons. The number of ether oxygens (including phenoxy) is 1. The third-order valence-corrected chi connectivity index (χ3v) is 3.53. The Bertz CT molecular complexity index is 611. The highest BCUT2D eigenvalue weighted by Crippen LogP contribution is 2.23. The van der Waals surface area contributed by atoms with Crippen molar-refractivity contribution in [3.05, 3.63) is 54.1 Å². The summed E-state index contributed by atoms with van der Waals surface area (Å²) in [5, 5.41) is 18.6. The maximum absolute atomic E-state index is 9.82. The van der Waals surface area contributed by atoms with Gasteiger partial charge >= 0.3 is 0 Å². The molecule has 22 heavy (non-hydrogen) atoms. The minimum absolute atomic E-state index is 0.652. The maximum atomic E-state index is 9.82. The van der Waals surface area contributed by atoms with Crippen molar-refractivity contribution in [2.75, 3.05) is 0 Å². The smallest absolute Gasteiger partial charge is 0.197 e. The van der Waals surface area contributed by atoms with Crippen LogP contribution in [0.25, 0.3) is 11.1 Å². The van der Waals surface area contributed by atoms with Crippen molar-refractivity contribution >= 4 is 0 Å². The fraction of sp³-hybridized carbons (Fsp3) is 0.316. The van der Waals surface area contributed by atoms with Gasteiger partial charge < -0.3 is 9.84 Å². The summed E-state index contributed by atoms with van der Waals surface area (Å²) in [6, 6.07) is 17.2. The fourth-order valence-electron chi connectivity index (χ4n) is 2.25. The zero-order valence-corrected chi connectivity index (χ0v) is 12.8. The van der Waals surface area contributed by atoms with Crippen LogP contribution in [0, 0.1) is 11.3 Å². The average Bonchev–Trinajstić information content (AvgIpc) is 2.56. The SMILES string of the molecule is CCCCCC(O)Oc1ccc(-c2ccc(C#N)cc2)cc1. The second-order valence-corrected chi connectivity index (χ2v) is 5.28. The van der Waals surface area contributed by atoms with Crippen molar-refractivity contribution < 1.29 is 9.84 Å². The van der Waals surface area contributed by atoms with Gasteiger partial charge in [0.15, 0.2) is 6.29 Å². The molecule has 2 rings (SSSR count). The minimum Gasteiger partial charge on any atom is -0.465 e. The van der Waals surface area contributed by atoms with Crippen LogP contribution in [0.4, 0.5) is 0 Å². The van der Waals surface area contributed by atoms with Crippen molar-refractivity contribution in [1.82, 2.24) is 0 Å². The molecule has 0 spiro atoms. The number of hydrogen-bond donors (Lipinski definition) is 1. The van der Waals surface area contributed by atoms with E-state index in [1.165, 1.54) is 0 Å². The first-order valence-corrected chi connectivity index (χ1v) is 7.68. The molecule has 2 aromatic rings. The van der Waals surface area contributed by atoms with Gasteiger partial charge in [0.2, 0.25) is 0 Å². The Hall–Kier alpha value is -2.31. The Morgan fingerprint density at radius 2 is 1.59 bits per heavy atom. The Balaban J connectivity index is 1.96. The van der Waals surface area contributed by atoms with Crippen molar-refractivity contribution in [3.8, 4) is 22.9 Å². The van der Waals surface area contributed by atoms with Gasteiger partial charge in [-0.2, -0.15) is 5.26 Å². The van der Waals surface area contributed by atoms with Gasteiger partial charge in [0.1, 0.15) is 5.75 Å². The van der Waals surface area contributed by atoms with Gasteiger partial charge in [-0.3, -0.25) is 0 Å². The molecule has 1 unspecified atom stereocenters. The van der Waals surface area contributed by atoms with Crippen LogP contribution < -0.4 is 4.74 Å². The van der Waals surface area contributed by atoms with E-state index in [0.29, 0.717) is 17.7 Å². The molecule has 0 heterocycles. The third kappa shape index (κ3) is 4.61. The summed E-state index contributed by atoms with van der Waals surface area (Å²) in [6.07, 6.45) is 3.13.